The lowest BCUT2D eigenvalue weighted by molar-refractivity contribution is -0.134. The Morgan fingerprint density at radius 1 is 1.31 bits per heavy atom. The van der Waals surface area contributed by atoms with Crippen LogP contribution in [-0.2, 0) is 9.59 Å². The molecule has 13 heavy (non-hydrogen) atoms. The minimum atomic E-state index is -0.833. The lowest BCUT2D eigenvalue weighted by atomic mass is 10.0. The molecule has 1 aliphatic rings. The van der Waals surface area contributed by atoms with Crippen LogP contribution >= 0.6 is 12.2 Å². The van der Waals surface area contributed by atoms with E-state index < -0.39 is 5.97 Å². The SMILES string of the molecule is CC(=O)C(=S)C1(C)CC1.CC(=O)O. The summed E-state index contributed by atoms with van der Waals surface area (Å²) in [5.41, 5.74) is 0.112. The third kappa shape index (κ3) is 4.72. The largest absolute Gasteiger partial charge is 0.481 e. The zero-order valence-corrected chi connectivity index (χ0v) is 8.90. The van der Waals surface area contributed by atoms with Gasteiger partial charge in [0, 0.05) is 12.3 Å². The molecular formula is C9H14O3S. The second-order valence-corrected chi connectivity index (χ2v) is 3.87. The topological polar surface area (TPSA) is 54.4 Å². The lowest BCUT2D eigenvalue weighted by Gasteiger charge is -2.04. The third-order valence-electron chi connectivity index (χ3n) is 1.87. The molecule has 0 aromatic heterocycles. The van der Waals surface area contributed by atoms with Crippen molar-refractivity contribution in [1.82, 2.24) is 0 Å². The van der Waals surface area contributed by atoms with Gasteiger partial charge in [0.05, 0.1) is 4.86 Å². The van der Waals surface area contributed by atoms with Gasteiger partial charge in [-0.05, 0) is 19.8 Å². The van der Waals surface area contributed by atoms with Crippen molar-refractivity contribution in [1.29, 1.82) is 0 Å². The molecule has 1 aliphatic carbocycles. The summed E-state index contributed by atoms with van der Waals surface area (Å²) in [6.07, 6.45) is 2.21. The number of carboxylic acids is 1. The summed E-state index contributed by atoms with van der Waals surface area (Å²) < 4.78 is 0. The summed E-state index contributed by atoms with van der Waals surface area (Å²) in [5.74, 6) is -0.759. The Balaban J connectivity index is 0.000000310. The molecule has 0 bridgehead atoms. The predicted molar refractivity (Wildman–Crippen MR) is 53.9 cm³/mol. The van der Waals surface area contributed by atoms with Crippen LogP contribution in [0.3, 0.4) is 0 Å². The van der Waals surface area contributed by atoms with Gasteiger partial charge in [-0.2, -0.15) is 0 Å². The Bertz CT molecular complexity index is 237. The molecule has 0 amide bonds. The Labute approximate surface area is 83.1 Å². The van der Waals surface area contributed by atoms with Crippen LogP contribution in [0.15, 0.2) is 0 Å². The number of carboxylic acid groups (broad SMARTS) is 1. The Hall–Kier alpha value is -0.770. The van der Waals surface area contributed by atoms with E-state index in [9.17, 15) is 4.79 Å². The van der Waals surface area contributed by atoms with Crippen molar-refractivity contribution >= 4 is 28.8 Å². The van der Waals surface area contributed by atoms with Crippen molar-refractivity contribution in [3.8, 4) is 0 Å². The van der Waals surface area contributed by atoms with Crippen LogP contribution in [0, 0.1) is 5.41 Å². The van der Waals surface area contributed by atoms with Gasteiger partial charge in [-0.3, -0.25) is 9.59 Å². The highest BCUT2D eigenvalue weighted by Crippen LogP contribution is 2.46. The van der Waals surface area contributed by atoms with Gasteiger partial charge >= 0.3 is 0 Å². The van der Waals surface area contributed by atoms with E-state index in [2.05, 4.69) is 6.92 Å². The van der Waals surface area contributed by atoms with Gasteiger partial charge in [-0.15, -0.1) is 0 Å². The molecule has 4 heteroatoms. The molecule has 0 atom stereocenters. The van der Waals surface area contributed by atoms with Crippen LogP contribution in [-0.4, -0.2) is 21.7 Å². The number of Topliss-reactive ketones (excluding diaryl/α,β-unsaturated/α-hetero) is 1. The van der Waals surface area contributed by atoms with E-state index in [0.29, 0.717) is 4.86 Å². The van der Waals surface area contributed by atoms with Gasteiger partial charge in [-0.1, -0.05) is 19.1 Å². The minimum absolute atomic E-state index is 0.0741. The zero-order chi connectivity index (χ0) is 10.6. The molecule has 0 spiro atoms. The molecule has 74 valence electrons. The maximum Gasteiger partial charge on any atom is 0.300 e. The number of hydrogen-bond donors (Lipinski definition) is 1. The summed E-state index contributed by atoms with van der Waals surface area (Å²) in [6.45, 7) is 4.68. The molecule has 1 N–H and O–H groups in total. The fraction of sp³-hybridized carbons (Fsp3) is 0.667. The van der Waals surface area contributed by atoms with E-state index in [0.717, 1.165) is 19.8 Å². The maximum absolute atomic E-state index is 10.7. The molecule has 0 aromatic carbocycles. The molecule has 3 nitrogen and oxygen atoms in total. The molecule has 1 saturated carbocycles. The van der Waals surface area contributed by atoms with Crippen molar-refractivity contribution < 1.29 is 14.7 Å². The summed E-state index contributed by atoms with van der Waals surface area (Å²) in [5, 5.41) is 7.42. The summed E-state index contributed by atoms with van der Waals surface area (Å²) >= 11 is 4.93. The number of hydrogen-bond acceptors (Lipinski definition) is 3. The van der Waals surface area contributed by atoms with Crippen molar-refractivity contribution in [2.45, 2.75) is 33.6 Å². The van der Waals surface area contributed by atoms with Crippen LogP contribution in [0.25, 0.3) is 0 Å². The van der Waals surface area contributed by atoms with E-state index in [4.69, 9.17) is 22.1 Å². The summed E-state index contributed by atoms with van der Waals surface area (Å²) in [4.78, 5) is 20.3. The van der Waals surface area contributed by atoms with Gasteiger partial charge in [0.2, 0.25) is 0 Å². The summed E-state index contributed by atoms with van der Waals surface area (Å²) in [6, 6.07) is 0. The van der Waals surface area contributed by atoms with E-state index in [1.54, 1.807) is 6.92 Å². The fourth-order valence-corrected chi connectivity index (χ4v) is 1.04. The Morgan fingerprint density at radius 3 is 1.69 bits per heavy atom. The van der Waals surface area contributed by atoms with Crippen molar-refractivity contribution in [3.05, 3.63) is 0 Å². The maximum atomic E-state index is 10.7. The van der Waals surface area contributed by atoms with Crippen LogP contribution in [0.2, 0.25) is 0 Å². The molecule has 0 heterocycles. The third-order valence-corrected chi connectivity index (χ3v) is 2.65. The highest BCUT2D eigenvalue weighted by atomic mass is 32.1. The first-order valence-electron chi connectivity index (χ1n) is 4.04. The summed E-state index contributed by atoms with van der Waals surface area (Å²) in [7, 11) is 0. The van der Waals surface area contributed by atoms with Crippen LogP contribution in [0.4, 0.5) is 0 Å². The molecule has 1 fully saturated rings. The average molecular weight is 202 g/mol. The molecule has 0 aromatic rings. The van der Waals surface area contributed by atoms with Gasteiger partial charge in [0.15, 0.2) is 5.78 Å². The second kappa shape index (κ2) is 4.46. The standard InChI is InChI=1S/C7H10OS.C2H4O2/c1-5(8)6(9)7(2)3-4-7;1-2(3)4/h3-4H2,1-2H3;1H3,(H,3,4). The molecule has 0 saturated heterocycles. The van der Waals surface area contributed by atoms with Gasteiger partial charge in [0.1, 0.15) is 0 Å². The highest BCUT2D eigenvalue weighted by molar-refractivity contribution is 7.82. The monoisotopic (exact) mass is 202 g/mol. The minimum Gasteiger partial charge on any atom is -0.481 e. The van der Waals surface area contributed by atoms with Gasteiger partial charge in [0.25, 0.3) is 5.97 Å². The second-order valence-electron chi connectivity index (χ2n) is 3.46. The molecular weight excluding hydrogens is 188 g/mol. The first-order valence-corrected chi connectivity index (χ1v) is 4.45. The van der Waals surface area contributed by atoms with Crippen LogP contribution < -0.4 is 0 Å². The first kappa shape index (κ1) is 12.2. The van der Waals surface area contributed by atoms with Crippen molar-refractivity contribution in [2.75, 3.05) is 0 Å². The van der Waals surface area contributed by atoms with Crippen molar-refractivity contribution in [2.24, 2.45) is 5.41 Å². The molecule has 0 unspecified atom stereocenters. The van der Waals surface area contributed by atoms with Crippen LogP contribution in [0.5, 0.6) is 0 Å². The number of aliphatic carboxylic acids is 1. The van der Waals surface area contributed by atoms with Gasteiger partial charge in [-0.25, -0.2) is 0 Å². The smallest absolute Gasteiger partial charge is 0.300 e. The normalized spacial score (nSPS) is 16.5. The quantitative estimate of drug-likeness (QED) is 0.694. The molecule has 0 aliphatic heterocycles. The van der Waals surface area contributed by atoms with E-state index in [-0.39, 0.29) is 11.2 Å². The van der Waals surface area contributed by atoms with E-state index in [1.807, 2.05) is 0 Å². The number of carbonyl (C=O) groups is 2. The zero-order valence-electron chi connectivity index (χ0n) is 8.09. The number of carbonyl (C=O) groups excluding carboxylic acids is 1. The van der Waals surface area contributed by atoms with Crippen LogP contribution in [0.1, 0.15) is 33.6 Å². The predicted octanol–water partition coefficient (Wildman–Crippen LogP) is 1.84. The fourth-order valence-electron chi connectivity index (χ4n) is 0.840. The highest BCUT2D eigenvalue weighted by Gasteiger charge is 2.42. The molecule has 1 rings (SSSR count). The Kier molecular flexibility index (Phi) is 4.20. The number of thiocarbonyl (C=S) groups is 1. The van der Waals surface area contributed by atoms with Crippen molar-refractivity contribution in [3.63, 3.8) is 0 Å². The average Bonchev–Trinajstić information content (AvgIpc) is 2.66. The van der Waals surface area contributed by atoms with E-state index >= 15 is 0 Å². The number of ketones is 1. The lowest BCUT2D eigenvalue weighted by Crippen LogP contribution is -2.17. The molecule has 0 radical (unpaired) electrons. The van der Waals surface area contributed by atoms with Gasteiger partial charge < -0.3 is 5.11 Å². The van der Waals surface area contributed by atoms with E-state index in [1.165, 1.54) is 0 Å². The number of rotatable bonds is 2. The first-order chi connectivity index (χ1) is 5.79. The Morgan fingerprint density at radius 2 is 1.62 bits per heavy atom.